The van der Waals surface area contributed by atoms with Crippen LogP contribution in [0.15, 0.2) is 36.7 Å². The fourth-order valence-corrected chi connectivity index (χ4v) is 2.76. The quantitative estimate of drug-likeness (QED) is 0.440. The fraction of sp³-hybridized carbons (Fsp3) is 0.364. The van der Waals surface area contributed by atoms with Crippen molar-refractivity contribution in [3.05, 3.63) is 53.6 Å². The molecule has 1 aromatic heterocycles. The molecule has 32 heavy (non-hydrogen) atoms. The number of nitriles is 1. The average molecular weight is 438 g/mol. The number of hydrogen-bond donors (Lipinski definition) is 4. The number of anilines is 1. The summed E-state index contributed by atoms with van der Waals surface area (Å²) in [5, 5.41) is 19.2. The summed E-state index contributed by atoms with van der Waals surface area (Å²) in [4.78, 5) is 45.1. The van der Waals surface area contributed by atoms with E-state index in [0.29, 0.717) is 23.4 Å². The number of rotatable bonds is 9. The van der Waals surface area contributed by atoms with E-state index in [4.69, 9.17) is 5.26 Å². The van der Waals surface area contributed by atoms with Crippen LogP contribution in [0, 0.1) is 24.2 Å². The normalized spacial score (nSPS) is 11.2. The SMILES string of the molecule is Cc1cnc(CNC(=O)Nc2ccc(C(=O)NC(CC(C)C)C(=O)NCC#N)cc2)cn1. The van der Waals surface area contributed by atoms with Gasteiger partial charge in [0.2, 0.25) is 5.91 Å². The van der Waals surface area contributed by atoms with Crippen LogP contribution in [-0.4, -0.2) is 40.4 Å². The molecule has 1 aromatic carbocycles. The van der Waals surface area contributed by atoms with E-state index in [1.165, 1.54) is 0 Å². The van der Waals surface area contributed by atoms with Gasteiger partial charge in [-0.25, -0.2) is 4.79 Å². The Morgan fingerprint density at radius 3 is 2.38 bits per heavy atom. The first-order chi connectivity index (χ1) is 15.3. The van der Waals surface area contributed by atoms with Crippen LogP contribution >= 0.6 is 0 Å². The molecule has 2 rings (SSSR count). The van der Waals surface area contributed by atoms with Gasteiger partial charge >= 0.3 is 6.03 Å². The lowest BCUT2D eigenvalue weighted by Crippen LogP contribution is -2.47. The molecule has 0 saturated heterocycles. The van der Waals surface area contributed by atoms with E-state index < -0.39 is 23.9 Å². The Hall–Kier alpha value is -4.00. The summed E-state index contributed by atoms with van der Waals surface area (Å²) in [6, 6.07) is 6.96. The molecular weight excluding hydrogens is 410 g/mol. The summed E-state index contributed by atoms with van der Waals surface area (Å²) >= 11 is 0. The largest absolute Gasteiger partial charge is 0.341 e. The molecule has 0 fully saturated rings. The Morgan fingerprint density at radius 2 is 1.78 bits per heavy atom. The van der Waals surface area contributed by atoms with Crippen LogP contribution in [0.5, 0.6) is 0 Å². The van der Waals surface area contributed by atoms with Gasteiger partial charge in [0.1, 0.15) is 12.6 Å². The van der Waals surface area contributed by atoms with E-state index in [2.05, 4.69) is 31.2 Å². The van der Waals surface area contributed by atoms with Gasteiger partial charge in [0.15, 0.2) is 0 Å². The standard InChI is InChI=1S/C22H27N7O3/c1-14(2)10-19(21(31)24-9-8-23)29-20(30)16-4-6-17(7-5-16)28-22(32)27-13-18-12-25-15(3)11-26-18/h4-7,11-12,14,19H,9-10,13H2,1-3H3,(H,24,31)(H,29,30)(H2,27,28,32). The van der Waals surface area contributed by atoms with Crippen LogP contribution in [0.3, 0.4) is 0 Å². The van der Waals surface area contributed by atoms with Crippen LogP contribution in [0.25, 0.3) is 0 Å². The zero-order valence-corrected chi connectivity index (χ0v) is 18.3. The Balaban J connectivity index is 1.91. The molecule has 0 spiro atoms. The number of urea groups is 1. The van der Waals surface area contributed by atoms with Gasteiger partial charge in [0.05, 0.1) is 30.2 Å². The summed E-state index contributed by atoms with van der Waals surface area (Å²) in [5.74, 6) is -0.650. The number of aromatic nitrogens is 2. The van der Waals surface area contributed by atoms with E-state index >= 15 is 0 Å². The fourth-order valence-electron chi connectivity index (χ4n) is 2.76. The van der Waals surface area contributed by atoms with Crippen molar-refractivity contribution in [3.63, 3.8) is 0 Å². The number of hydrogen-bond acceptors (Lipinski definition) is 6. The van der Waals surface area contributed by atoms with Gasteiger partial charge in [-0.3, -0.25) is 19.6 Å². The highest BCUT2D eigenvalue weighted by Crippen LogP contribution is 2.11. The van der Waals surface area contributed by atoms with Crippen LogP contribution in [0.1, 0.15) is 42.0 Å². The molecule has 0 radical (unpaired) electrons. The van der Waals surface area contributed by atoms with Gasteiger partial charge in [-0.1, -0.05) is 13.8 Å². The first-order valence-electron chi connectivity index (χ1n) is 10.2. The first kappa shape index (κ1) is 24.3. The summed E-state index contributed by atoms with van der Waals surface area (Å²) < 4.78 is 0. The van der Waals surface area contributed by atoms with Gasteiger partial charge < -0.3 is 21.3 Å². The zero-order chi connectivity index (χ0) is 23.5. The predicted molar refractivity (Wildman–Crippen MR) is 118 cm³/mol. The molecule has 168 valence electrons. The van der Waals surface area contributed by atoms with Crippen molar-refractivity contribution >= 4 is 23.5 Å². The van der Waals surface area contributed by atoms with Crippen molar-refractivity contribution in [3.8, 4) is 6.07 Å². The zero-order valence-electron chi connectivity index (χ0n) is 18.3. The van der Waals surface area contributed by atoms with Gasteiger partial charge in [0, 0.05) is 17.4 Å². The molecule has 0 bridgehead atoms. The average Bonchev–Trinajstić information content (AvgIpc) is 2.76. The maximum Gasteiger partial charge on any atom is 0.319 e. The Morgan fingerprint density at radius 1 is 1.06 bits per heavy atom. The molecule has 4 N–H and O–H groups in total. The Kier molecular flexibility index (Phi) is 9.10. The Labute approximate surface area is 186 Å². The van der Waals surface area contributed by atoms with Crippen molar-refractivity contribution in [1.29, 1.82) is 5.26 Å². The highest BCUT2D eigenvalue weighted by molar-refractivity contribution is 5.98. The van der Waals surface area contributed by atoms with Crippen LogP contribution in [0.2, 0.25) is 0 Å². The van der Waals surface area contributed by atoms with E-state index in [0.717, 1.165) is 5.69 Å². The minimum Gasteiger partial charge on any atom is -0.341 e. The molecule has 0 aliphatic heterocycles. The summed E-state index contributed by atoms with van der Waals surface area (Å²) in [6.45, 7) is 5.81. The number of aryl methyl sites for hydroxylation is 1. The second kappa shape index (κ2) is 12.0. The van der Waals surface area contributed by atoms with Gasteiger partial charge in [-0.15, -0.1) is 0 Å². The molecule has 1 unspecified atom stereocenters. The predicted octanol–water partition coefficient (Wildman–Crippen LogP) is 1.89. The summed E-state index contributed by atoms with van der Waals surface area (Å²) in [5.41, 5.74) is 2.26. The number of benzene rings is 1. The number of nitrogens with one attached hydrogen (secondary N) is 4. The van der Waals surface area contributed by atoms with Crippen LogP contribution < -0.4 is 21.3 Å². The highest BCUT2D eigenvalue weighted by atomic mass is 16.2. The van der Waals surface area contributed by atoms with Gasteiger partial charge in [0.25, 0.3) is 5.91 Å². The van der Waals surface area contributed by atoms with Gasteiger partial charge in [-0.05, 0) is 43.5 Å². The van der Waals surface area contributed by atoms with E-state index in [9.17, 15) is 14.4 Å². The molecule has 0 aliphatic carbocycles. The van der Waals surface area contributed by atoms with E-state index in [1.54, 1.807) is 36.7 Å². The smallest absolute Gasteiger partial charge is 0.319 e. The second-order valence-corrected chi connectivity index (χ2v) is 7.57. The minimum absolute atomic E-state index is 0.123. The minimum atomic E-state index is -0.746. The third-order valence-corrected chi connectivity index (χ3v) is 4.34. The molecule has 0 aliphatic rings. The third-order valence-electron chi connectivity index (χ3n) is 4.34. The molecule has 10 heteroatoms. The molecule has 10 nitrogen and oxygen atoms in total. The lowest BCUT2D eigenvalue weighted by atomic mass is 10.0. The summed E-state index contributed by atoms with van der Waals surface area (Å²) in [6.07, 6.45) is 3.65. The highest BCUT2D eigenvalue weighted by Gasteiger charge is 2.22. The van der Waals surface area contributed by atoms with Crippen molar-refractivity contribution in [1.82, 2.24) is 25.9 Å². The van der Waals surface area contributed by atoms with Crippen LogP contribution in [0.4, 0.5) is 10.5 Å². The van der Waals surface area contributed by atoms with E-state index in [-0.39, 0.29) is 19.0 Å². The van der Waals surface area contributed by atoms with Gasteiger partial charge in [-0.2, -0.15) is 5.26 Å². The van der Waals surface area contributed by atoms with Crippen LogP contribution in [-0.2, 0) is 11.3 Å². The number of amides is 4. The molecule has 1 heterocycles. The molecule has 2 aromatic rings. The topological polar surface area (TPSA) is 149 Å². The van der Waals surface area contributed by atoms with E-state index in [1.807, 2.05) is 26.8 Å². The van der Waals surface area contributed by atoms with Crippen molar-refractivity contribution in [2.45, 2.75) is 39.8 Å². The number of nitrogens with zero attached hydrogens (tertiary/aromatic N) is 3. The Bertz CT molecular complexity index is 967. The van der Waals surface area contributed by atoms with Crippen molar-refractivity contribution in [2.24, 2.45) is 5.92 Å². The molecule has 4 amide bonds. The molecule has 0 saturated carbocycles. The third kappa shape index (κ3) is 8.02. The summed E-state index contributed by atoms with van der Waals surface area (Å²) in [7, 11) is 0. The van der Waals surface area contributed by atoms with Crippen molar-refractivity contribution in [2.75, 3.05) is 11.9 Å². The lowest BCUT2D eigenvalue weighted by molar-refractivity contribution is -0.123. The molecule has 1 atom stereocenters. The maximum atomic E-state index is 12.6. The second-order valence-electron chi connectivity index (χ2n) is 7.57. The molecular formula is C22H27N7O3. The number of carbonyl (C=O) groups excluding carboxylic acids is 3. The maximum absolute atomic E-state index is 12.6. The lowest BCUT2D eigenvalue weighted by Gasteiger charge is -2.19. The monoisotopic (exact) mass is 437 g/mol. The number of carbonyl (C=O) groups is 3. The first-order valence-corrected chi connectivity index (χ1v) is 10.2. The van der Waals surface area contributed by atoms with Crippen molar-refractivity contribution < 1.29 is 14.4 Å².